The van der Waals surface area contributed by atoms with Crippen LogP contribution in [0.2, 0.25) is 0 Å². The van der Waals surface area contributed by atoms with Crippen LogP contribution in [0.3, 0.4) is 0 Å². The van der Waals surface area contributed by atoms with E-state index in [1.54, 1.807) is 12.1 Å². The van der Waals surface area contributed by atoms with E-state index in [0.29, 0.717) is 12.0 Å². The molecule has 0 fully saturated rings. The smallest absolute Gasteiger partial charge is 0.195 e. The molecule has 0 nitrogen and oxygen atoms in total. The maximum atomic E-state index is 14.1. The molecule has 0 aliphatic carbocycles. The molecule has 0 spiro atoms. The van der Waals surface area contributed by atoms with Gasteiger partial charge in [0.2, 0.25) is 0 Å². The van der Waals surface area contributed by atoms with Crippen molar-refractivity contribution in [2.45, 2.75) is 13.3 Å². The van der Waals surface area contributed by atoms with Gasteiger partial charge in [-0.25, -0.2) is 17.6 Å². The molecule has 0 aliphatic rings. The van der Waals surface area contributed by atoms with E-state index in [2.05, 4.69) is 11.8 Å². The van der Waals surface area contributed by atoms with Gasteiger partial charge in [-0.15, -0.1) is 0 Å². The third-order valence-electron chi connectivity index (χ3n) is 3.94. The zero-order valence-electron chi connectivity index (χ0n) is 13.9. The summed E-state index contributed by atoms with van der Waals surface area (Å²) in [4.78, 5) is 0. The molecule has 0 aromatic heterocycles. The Morgan fingerprint density at radius 2 is 1.65 bits per heavy atom. The topological polar surface area (TPSA) is 0 Å². The van der Waals surface area contributed by atoms with Gasteiger partial charge < -0.3 is 0 Å². The lowest BCUT2D eigenvalue weighted by atomic mass is 10.0. The molecule has 3 aromatic carbocycles. The van der Waals surface area contributed by atoms with Crippen molar-refractivity contribution in [3.8, 4) is 11.8 Å². The molecule has 0 saturated carbocycles. The zero-order chi connectivity index (χ0) is 18.7. The number of hydrogen-bond acceptors (Lipinski definition) is 0. The normalized spacial score (nSPS) is 11.0. The SMILES string of the molecule is CC=CCc1ccc(C#Cc2ccc3c(F)c(F)c(F)cc3c2)c(F)c1. The van der Waals surface area contributed by atoms with Crippen LogP contribution in [-0.2, 0) is 6.42 Å². The summed E-state index contributed by atoms with van der Waals surface area (Å²) in [5, 5.41) is 0.157. The molecule has 0 aliphatic heterocycles. The van der Waals surface area contributed by atoms with E-state index in [1.807, 2.05) is 19.1 Å². The molecule has 4 heteroatoms. The second kappa shape index (κ2) is 7.45. The van der Waals surface area contributed by atoms with Gasteiger partial charge in [0.15, 0.2) is 17.5 Å². The van der Waals surface area contributed by atoms with Crippen LogP contribution in [0.1, 0.15) is 23.6 Å². The third-order valence-corrected chi connectivity index (χ3v) is 3.94. The molecule has 130 valence electrons. The largest absolute Gasteiger partial charge is 0.206 e. The van der Waals surface area contributed by atoms with Crippen LogP contribution < -0.4 is 0 Å². The summed E-state index contributed by atoms with van der Waals surface area (Å²) in [6, 6.07) is 9.97. The van der Waals surface area contributed by atoms with Crippen molar-refractivity contribution in [1.29, 1.82) is 0 Å². The van der Waals surface area contributed by atoms with Crippen LogP contribution in [0.15, 0.2) is 54.6 Å². The molecule has 0 saturated heterocycles. The molecule has 3 rings (SSSR count). The van der Waals surface area contributed by atoms with Gasteiger partial charge in [0.1, 0.15) is 5.82 Å². The number of rotatable bonds is 2. The molecule has 0 heterocycles. The summed E-state index contributed by atoms with van der Waals surface area (Å²) in [6.45, 7) is 1.89. The van der Waals surface area contributed by atoms with E-state index in [0.717, 1.165) is 11.6 Å². The molecular weight excluding hydrogens is 340 g/mol. The first-order chi connectivity index (χ1) is 12.5. The molecule has 0 radical (unpaired) electrons. The van der Waals surface area contributed by atoms with E-state index >= 15 is 0 Å². The predicted molar refractivity (Wildman–Crippen MR) is 94.7 cm³/mol. The van der Waals surface area contributed by atoms with E-state index < -0.39 is 23.3 Å². The van der Waals surface area contributed by atoms with Crippen LogP contribution in [0.25, 0.3) is 10.8 Å². The van der Waals surface area contributed by atoms with Gasteiger partial charge in [-0.05, 0) is 54.6 Å². The first-order valence-corrected chi connectivity index (χ1v) is 7.98. The minimum absolute atomic E-state index is 0.0334. The standard InChI is InChI=1S/C22H14F4/c1-2-3-4-14-5-8-16(19(23)12-14)9-6-15-7-10-18-17(11-15)13-20(24)22(26)21(18)25/h2-3,5,7-8,10-13H,4H2,1H3. The molecule has 0 atom stereocenters. The van der Waals surface area contributed by atoms with Crippen LogP contribution in [0.5, 0.6) is 0 Å². The van der Waals surface area contributed by atoms with E-state index in [-0.39, 0.29) is 16.3 Å². The molecule has 26 heavy (non-hydrogen) atoms. The van der Waals surface area contributed by atoms with Crippen molar-refractivity contribution in [2.75, 3.05) is 0 Å². The van der Waals surface area contributed by atoms with Crippen LogP contribution >= 0.6 is 0 Å². The minimum Gasteiger partial charge on any atom is -0.206 e. The highest BCUT2D eigenvalue weighted by atomic mass is 19.2. The van der Waals surface area contributed by atoms with Crippen molar-refractivity contribution in [2.24, 2.45) is 0 Å². The maximum absolute atomic E-state index is 14.1. The average molecular weight is 354 g/mol. The van der Waals surface area contributed by atoms with Crippen LogP contribution in [-0.4, -0.2) is 0 Å². The molecular formula is C22H14F4. The molecule has 0 N–H and O–H groups in total. The van der Waals surface area contributed by atoms with E-state index in [1.165, 1.54) is 24.3 Å². The Hall–Kier alpha value is -3.06. The van der Waals surface area contributed by atoms with Gasteiger partial charge in [-0.3, -0.25) is 0 Å². The average Bonchev–Trinajstić information content (AvgIpc) is 2.63. The van der Waals surface area contributed by atoms with E-state index in [9.17, 15) is 17.6 Å². The quantitative estimate of drug-likeness (QED) is 0.232. The van der Waals surface area contributed by atoms with Gasteiger partial charge >= 0.3 is 0 Å². The van der Waals surface area contributed by atoms with Gasteiger partial charge in [0.05, 0.1) is 5.56 Å². The Labute approximate surface area is 148 Å². The highest BCUT2D eigenvalue weighted by molar-refractivity contribution is 5.84. The summed E-state index contributed by atoms with van der Waals surface area (Å²) >= 11 is 0. The third kappa shape index (κ3) is 3.62. The molecule has 0 unspecified atom stereocenters. The molecule has 0 bridgehead atoms. The fraction of sp³-hybridized carbons (Fsp3) is 0.0909. The van der Waals surface area contributed by atoms with Gasteiger partial charge in [0, 0.05) is 10.9 Å². The lowest BCUT2D eigenvalue weighted by molar-refractivity contribution is 0.453. The zero-order valence-corrected chi connectivity index (χ0v) is 13.9. The van der Waals surface area contributed by atoms with Crippen molar-refractivity contribution < 1.29 is 17.6 Å². The Balaban J connectivity index is 1.94. The molecule has 3 aromatic rings. The monoisotopic (exact) mass is 354 g/mol. The van der Waals surface area contributed by atoms with Crippen LogP contribution in [0.4, 0.5) is 17.6 Å². The predicted octanol–water partition coefficient (Wildman–Crippen LogP) is 5.91. The van der Waals surface area contributed by atoms with Crippen molar-refractivity contribution >= 4 is 10.8 Å². The minimum atomic E-state index is -1.50. The number of fused-ring (bicyclic) bond motifs is 1. The maximum Gasteiger partial charge on any atom is 0.195 e. The molecule has 0 amide bonds. The summed E-state index contributed by atoms with van der Waals surface area (Å²) in [6.07, 6.45) is 4.46. The van der Waals surface area contributed by atoms with Gasteiger partial charge in [0.25, 0.3) is 0 Å². The second-order valence-electron chi connectivity index (χ2n) is 5.76. The first-order valence-electron chi connectivity index (χ1n) is 7.98. The Bertz CT molecular complexity index is 1070. The van der Waals surface area contributed by atoms with Crippen molar-refractivity contribution in [3.05, 3.63) is 94.6 Å². The lowest BCUT2D eigenvalue weighted by Crippen LogP contribution is -1.92. The Morgan fingerprint density at radius 1 is 0.846 bits per heavy atom. The Kier molecular flexibility index (Phi) is 5.09. The Morgan fingerprint density at radius 3 is 2.38 bits per heavy atom. The van der Waals surface area contributed by atoms with E-state index in [4.69, 9.17) is 0 Å². The van der Waals surface area contributed by atoms with Crippen LogP contribution in [0, 0.1) is 35.1 Å². The second-order valence-corrected chi connectivity index (χ2v) is 5.76. The lowest BCUT2D eigenvalue weighted by Gasteiger charge is -2.03. The highest BCUT2D eigenvalue weighted by Crippen LogP contribution is 2.24. The van der Waals surface area contributed by atoms with Gasteiger partial charge in [-0.1, -0.05) is 36.1 Å². The number of hydrogen-bond donors (Lipinski definition) is 0. The fourth-order valence-electron chi connectivity index (χ4n) is 2.56. The van der Waals surface area contributed by atoms with Gasteiger partial charge in [-0.2, -0.15) is 0 Å². The summed E-state index contributed by atoms with van der Waals surface area (Å²) in [5.74, 6) is 1.05. The number of allylic oxidation sites excluding steroid dienone is 2. The number of halogens is 4. The first kappa shape index (κ1) is 17.8. The van der Waals surface area contributed by atoms with Crippen molar-refractivity contribution in [3.63, 3.8) is 0 Å². The summed E-state index contributed by atoms with van der Waals surface area (Å²) in [7, 11) is 0. The summed E-state index contributed by atoms with van der Waals surface area (Å²) < 4.78 is 54.5. The summed E-state index contributed by atoms with van der Waals surface area (Å²) in [5.41, 5.74) is 1.51. The van der Waals surface area contributed by atoms with Crippen molar-refractivity contribution in [1.82, 2.24) is 0 Å². The number of benzene rings is 3. The fourth-order valence-corrected chi connectivity index (χ4v) is 2.56. The highest BCUT2D eigenvalue weighted by Gasteiger charge is 2.13.